The zero-order valence-corrected chi connectivity index (χ0v) is 10.1. The topological polar surface area (TPSA) is 40.5 Å². The van der Waals surface area contributed by atoms with E-state index in [1.54, 1.807) is 0 Å². The molecule has 0 saturated carbocycles. The van der Waals surface area contributed by atoms with E-state index < -0.39 is 5.97 Å². The summed E-state index contributed by atoms with van der Waals surface area (Å²) < 4.78 is 0. The quantitative estimate of drug-likeness (QED) is 0.782. The van der Waals surface area contributed by atoms with Gasteiger partial charge in [0.05, 0.1) is 6.42 Å². The van der Waals surface area contributed by atoms with Crippen LogP contribution in [0, 0.1) is 5.41 Å². The molecule has 0 bridgehead atoms. The molecular weight excluding hydrogens is 190 g/mol. The first-order chi connectivity index (χ1) is 6.91. The van der Waals surface area contributed by atoms with E-state index in [1.807, 2.05) is 0 Å². The molecule has 1 N–H and O–H groups in total. The predicted octanol–water partition coefficient (Wildman–Crippen LogP) is 2.36. The Morgan fingerprint density at radius 2 is 1.80 bits per heavy atom. The maximum atomic E-state index is 10.9. The fourth-order valence-electron chi connectivity index (χ4n) is 2.38. The smallest absolute Gasteiger partial charge is 0.304 e. The highest BCUT2D eigenvalue weighted by molar-refractivity contribution is 5.67. The maximum Gasteiger partial charge on any atom is 0.304 e. The minimum Gasteiger partial charge on any atom is -0.481 e. The molecule has 1 fully saturated rings. The van der Waals surface area contributed by atoms with Crippen LogP contribution in [0.2, 0.25) is 0 Å². The van der Waals surface area contributed by atoms with E-state index in [0.717, 1.165) is 13.1 Å². The molecule has 0 aromatic carbocycles. The number of aliphatic carboxylic acids is 1. The Bertz CT molecular complexity index is 214. The second kappa shape index (κ2) is 4.97. The minimum atomic E-state index is -0.680. The zero-order valence-electron chi connectivity index (χ0n) is 10.1. The molecule has 1 aliphatic heterocycles. The number of likely N-dealkylation sites (tertiary alicyclic amines) is 1. The summed E-state index contributed by atoms with van der Waals surface area (Å²) in [7, 11) is 0. The van der Waals surface area contributed by atoms with Crippen LogP contribution >= 0.6 is 0 Å². The van der Waals surface area contributed by atoms with Crippen molar-refractivity contribution in [3.63, 3.8) is 0 Å². The molecule has 88 valence electrons. The predicted molar refractivity (Wildman–Crippen MR) is 60.9 cm³/mol. The van der Waals surface area contributed by atoms with Gasteiger partial charge in [-0.05, 0) is 31.3 Å². The summed E-state index contributed by atoms with van der Waals surface area (Å²) in [6, 6.07) is 0.176. The fourth-order valence-corrected chi connectivity index (χ4v) is 2.38. The van der Waals surface area contributed by atoms with Gasteiger partial charge in [0, 0.05) is 6.04 Å². The molecule has 1 saturated heterocycles. The van der Waals surface area contributed by atoms with Crippen LogP contribution in [0.15, 0.2) is 0 Å². The number of piperidine rings is 1. The second-order valence-corrected chi connectivity index (χ2v) is 5.58. The van der Waals surface area contributed by atoms with Crippen molar-refractivity contribution >= 4 is 5.97 Å². The van der Waals surface area contributed by atoms with Gasteiger partial charge in [-0.15, -0.1) is 0 Å². The summed E-state index contributed by atoms with van der Waals surface area (Å²) in [4.78, 5) is 13.2. The number of nitrogens with zero attached hydrogens (tertiary/aromatic N) is 1. The Kier molecular flexibility index (Phi) is 4.14. The Labute approximate surface area is 92.5 Å². The normalized spacial score (nSPS) is 21.3. The van der Waals surface area contributed by atoms with Gasteiger partial charge in [-0.2, -0.15) is 0 Å². The van der Waals surface area contributed by atoms with E-state index in [4.69, 9.17) is 5.11 Å². The van der Waals surface area contributed by atoms with Gasteiger partial charge in [0.2, 0.25) is 0 Å². The van der Waals surface area contributed by atoms with E-state index in [9.17, 15) is 4.79 Å². The fraction of sp³-hybridized carbons (Fsp3) is 0.917. The van der Waals surface area contributed by atoms with Crippen molar-refractivity contribution in [2.45, 2.75) is 52.5 Å². The lowest BCUT2D eigenvalue weighted by Gasteiger charge is -2.41. The number of hydrogen-bond donors (Lipinski definition) is 1. The van der Waals surface area contributed by atoms with Gasteiger partial charge in [0.15, 0.2) is 0 Å². The van der Waals surface area contributed by atoms with E-state index in [-0.39, 0.29) is 17.9 Å². The molecule has 0 aliphatic carbocycles. The summed E-state index contributed by atoms with van der Waals surface area (Å²) >= 11 is 0. The number of carboxylic acid groups (broad SMARTS) is 1. The monoisotopic (exact) mass is 213 g/mol. The molecule has 1 rings (SSSR count). The lowest BCUT2D eigenvalue weighted by atomic mass is 9.83. The van der Waals surface area contributed by atoms with Gasteiger partial charge < -0.3 is 5.11 Å². The van der Waals surface area contributed by atoms with Crippen molar-refractivity contribution in [1.82, 2.24) is 4.90 Å². The molecule has 0 radical (unpaired) electrons. The van der Waals surface area contributed by atoms with Gasteiger partial charge >= 0.3 is 5.97 Å². The number of carbonyl (C=O) groups is 1. The van der Waals surface area contributed by atoms with E-state index in [0.29, 0.717) is 0 Å². The van der Waals surface area contributed by atoms with E-state index in [1.165, 1.54) is 19.3 Å². The third-order valence-corrected chi connectivity index (χ3v) is 3.20. The van der Waals surface area contributed by atoms with Crippen LogP contribution in [0.3, 0.4) is 0 Å². The van der Waals surface area contributed by atoms with Gasteiger partial charge in [-0.25, -0.2) is 0 Å². The molecule has 0 aromatic heterocycles. The first kappa shape index (κ1) is 12.5. The summed E-state index contributed by atoms with van der Waals surface area (Å²) in [5.74, 6) is -0.680. The van der Waals surface area contributed by atoms with Crippen molar-refractivity contribution in [2.24, 2.45) is 5.41 Å². The second-order valence-electron chi connectivity index (χ2n) is 5.58. The third kappa shape index (κ3) is 3.82. The van der Waals surface area contributed by atoms with Crippen LogP contribution in [0.5, 0.6) is 0 Å². The number of hydrogen-bond acceptors (Lipinski definition) is 2. The standard InChI is InChI=1S/C12H23NO2/c1-12(2,3)10(9-11(14)15)13-7-5-4-6-8-13/h10H,4-9H2,1-3H3,(H,14,15). The summed E-state index contributed by atoms with van der Waals surface area (Å²) in [5.41, 5.74) is 0.0513. The van der Waals surface area contributed by atoms with Crippen molar-refractivity contribution in [3.8, 4) is 0 Å². The molecule has 0 amide bonds. The van der Waals surface area contributed by atoms with E-state index >= 15 is 0 Å². The molecule has 1 unspecified atom stereocenters. The summed E-state index contributed by atoms with van der Waals surface area (Å²) in [5, 5.41) is 8.95. The molecule has 15 heavy (non-hydrogen) atoms. The third-order valence-electron chi connectivity index (χ3n) is 3.20. The largest absolute Gasteiger partial charge is 0.481 e. The van der Waals surface area contributed by atoms with Crippen LogP contribution in [0.4, 0.5) is 0 Å². The highest BCUT2D eigenvalue weighted by Gasteiger charge is 2.32. The van der Waals surface area contributed by atoms with Crippen LogP contribution in [-0.2, 0) is 4.79 Å². The molecule has 0 spiro atoms. The summed E-state index contributed by atoms with van der Waals surface area (Å²) in [6.07, 6.45) is 3.99. The highest BCUT2D eigenvalue weighted by Crippen LogP contribution is 2.29. The first-order valence-electron chi connectivity index (χ1n) is 5.87. The summed E-state index contributed by atoms with van der Waals surface area (Å²) in [6.45, 7) is 8.53. The molecule has 1 heterocycles. The lowest BCUT2D eigenvalue weighted by Crippen LogP contribution is -2.47. The first-order valence-corrected chi connectivity index (χ1v) is 5.87. The minimum absolute atomic E-state index is 0.0513. The molecule has 1 atom stereocenters. The number of rotatable bonds is 3. The molecular formula is C12H23NO2. The Balaban J connectivity index is 2.66. The Hall–Kier alpha value is -0.570. The van der Waals surface area contributed by atoms with Crippen LogP contribution in [0.25, 0.3) is 0 Å². The van der Waals surface area contributed by atoms with Gasteiger partial charge in [0.1, 0.15) is 0 Å². The van der Waals surface area contributed by atoms with Crippen molar-refractivity contribution in [1.29, 1.82) is 0 Å². The van der Waals surface area contributed by atoms with Gasteiger partial charge in [-0.1, -0.05) is 27.2 Å². The average molecular weight is 213 g/mol. The lowest BCUT2D eigenvalue weighted by molar-refractivity contribution is -0.139. The van der Waals surface area contributed by atoms with Crippen LogP contribution in [0.1, 0.15) is 46.5 Å². The van der Waals surface area contributed by atoms with Crippen LogP contribution < -0.4 is 0 Å². The molecule has 1 aliphatic rings. The molecule has 3 heteroatoms. The Morgan fingerprint density at radius 3 is 2.20 bits per heavy atom. The average Bonchev–Trinajstić information content (AvgIpc) is 2.14. The molecule has 0 aromatic rings. The maximum absolute atomic E-state index is 10.9. The molecule has 3 nitrogen and oxygen atoms in total. The SMILES string of the molecule is CC(C)(C)C(CC(=O)O)N1CCCCC1. The highest BCUT2D eigenvalue weighted by atomic mass is 16.4. The van der Waals surface area contributed by atoms with Crippen molar-refractivity contribution in [3.05, 3.63) is 0 Å². The van der Waals surface area contributed by atoms with Gasteiger partial charge in [-0.3, -0.25) is 9.69 Å². The zero-order chi connectivity index (χ0) is 11.5. The van der Waals surface area contributed by atoms with E-state index in [2.05, 4.69) is 25.7 Å². The van der Waals surface area contributed by atoms with Crippen molar-refractivity contribution in [2.75, 3.05) is 13.1 Å². The number of carboxylic acids is 1. The van der Waals surface area contributed by atoms with Crippen LogP contribution in [-0.4, -0.2) is 35.1 Å². The Morgan fingerprint density at radius 1 is 1.27 bits per heavy atom. The van der Waals surface area contributed by atoms with Crippen molar-refractivity contribution < 1.29 is 9.90 Å². The van der Waals surface area contributed by atoms with Gasteiger partial charge in [0.25, 0.3) is 0 Å².